The topological polar surface area (TPSA) is 46.5 Å². The smallest absolute Gasteiger partial charge is 0.337 e. The number of ether oxygens (including phenoxy) is 1. The second-order valence-electron chi connectivity index (χ2n) is 3.74. The molecule has 4 heteroatoms. The fraction of sp³-hybridized carbons (Fsp3) is 0.0714. The number of carbonyl (C=O) groups is 1. The van der Waals surface area contributed by atoms with Crippen LogP contribution in [0.4, 0.5) is 0 Å². The number of esters is 1. The van der Waals surface area contributed by atoms with Gasteiger partial charge >= 0.3 is 5.97 Å². The minimum atomic E-state index is -0.423. The van der Waals surface area contributed by atoms with E-state index < -0.39 is 5.97 Å². The van der Waals surface area contributed by atoms with Crippen molar-refractivity contribution >= 4 is 17.6 Å². The molecule has 0 amide bonds. The third-order valence-corrected chi connectivity index (χ3v) is 2.87. The molecule has 0 aliphatic heterocycles. The number of carbonyl (C=O) groups excluding carboxylic acids is 1. The van der Waals surface area contributed by atoms with Crippen molar-refractivity contribution in [2.75, 3.05) is 7.11 Å². The number of hydrogen-bond donors (Lipinski definition) is 1. The zero-order valence-corrected chi connectivity index (χ0v) is 10.4. The van der Waals surface area contributed by atoms with Crippen LogP contribution < -0.4 is 0 Å². The predicted octanol–water partition coefficient (Wildman–Crippen LogP) is 3.50. The van der Waals surface area contributed by atoms with Crippen LogP contribution in [-0.4, -0.2) is 18.2 Å². The van der Waals surface area contributed by atoms with Gasteiger partial charge in [-0.1, -0.05) is 23.7 Å². The molecule has 0 aliphatic carbocycles. The molecule has 2 aromatic rings. The Balaban J connectivity index is 2.53. The second kappa shape index (κ2) is 5.10. The van der Waals surface area contributed by atoms with Crippen molar-refractivity contribution in [3.05, 3.63) is 53.1 Å². The quantitative estimate of drug-likeness (QED) is 0.843. The van der Waals surface area contributed by atoms with Gasteiger partial charge in [-0.25, -0.2) is 4.79 Å². The van der Waals surface area contributed by atoms with Gasteiger partial charge in [0.05, 0.1) is 12.7 Å². The fourth-order valence-electron chi connectivity index (χ4n) is 1.66. The number of hydrogen-bond acceptors (Lipinski definition) is 3. The van der Waals surface area contributed by atoms with Crippen LogP contribution >= 0.6 is 11.6 Å². The average molecular weight is 263 g/mol. The molecule has 0 saturated heterocycles. The summed E-state index contributed by atoms with van der Waals surface area (Å²) in [5.41, 5.74) is 1.83. The van der Waals surface area contributed by atoms with Gasteiger partial charge in [0.2, 0.25) is 0 Å². The molecule has 0 spiro atoms. The van der Waals surface area contributed by atoms with Gasteiger partial charge in [-0.05, 0) is 35.9 Å². The van der Waals surface area contributed by atoms with Crippen LogP contribution in [0, 0.1) is 0 Å². The van der Waals surface area contributed by atoms with Crippen LogP contribution in [0.3, 0.4) is 0 Å². The Bertz CT molecular complexity index is 593. The first kappa shape index (κ1) is 12.5. The summed E-state index contributed by atoms with van der Waals surface area (Å²) in [6.45, 7) is 0. The maximum atomic E-state index is 11.5. The van der Waals surface area contributed by atoms with Gasteiger partial charge in [-0.2, -0.15) is 0 Å². The van der Waals surface area contributed by atoms with Crippen molar-refractivity contribution in [1.29, 1.82) is 0 Å². The van der Waals surface area contributed by atoms with Crippen molar-refractivity contribution in [2.45, 2.75) is 0 Å². The average Bonchev–Trinajstić information content (AvgIpc) is 2.38. The lowest BCUT2D eigenvalue weighted by Gasteiger charge is -2.07. The van der Waals surface area contributed by atoms with E-state index in [1.807, 2.05) is 6.07 Å². The van der Waals surface area contributed by atoms with Crippen molar-refractivity contribution in [3.63, 3.8) is 0 Å². The van der Waals surface area contributed by atoms with E-state index in [0.29, 0.717) is 16.1 Å². The zero-order chi connectivity index (χ0) is 13.1. The first-order chi connectivity index (χ1) is 8.61. The summed E-state index contributed by atoms with van der Waals surface area (Å²) in [5, 5.41) is 9.96. The Morgan fingerprint density at radius 2 is 2.00 bits per heavy atom. The van der Waals surface area contributed by atoms with E-state index in [1.54, 1.807) is 36.4 Å². The molecule has 0 aliphatic rings. The second-order valence-corrected chi connectivity index (χ2v) is 4.14. The summed E-state index contributed by atoms with van der Waals surface area (Å²) in [6, 6.07) is 11.5. The molecule has 2 rings (SSSR count). The lowest BCUT2D eigenvalue weighted by Crippen LogP contribution is -2.01. The van der Waals surface area contributed by atoms with Crippen LogP contribution in [0.1, 0.15) is 10.4 Å². The van der Waals surface area contributed by atoms with E-state index in [1.165, 1.54) is 7.11 Å². The van der Waals surface area contributed by atoms with E-state index in [9.17, 15) is 9.90 Å². The summed E-state index contributed by atoms with van der Waals surface area (Å²) in [7, 11) is 1.32. The molecule has 3 nitrogen and oxygen atoms in total. The summed E-state index contributed by atoms with van der Waals surface area (Å²) in [5.74, 6) is -0.278. The highest BCUT2D eigenvalue weighted by Crippen LogP contribution is 2.30. The molecule has 0 fully saturated rings. The molecule has 0 saturated carbocycles. The number of phenolic OH excluding ortho intramolecular Hbond substituents is 1. The Hall–Kier alpha value is -2.00. The van der Waals surface area contributed by atoms with Crippen molar-refractivity contribution in [1.82, 2.24) is 0 Å². The molecule has 0 bridgehead atoms. The largest absolute Gasteiger partial charge is 0.508 e. The number of rotatable bonds is 2. The zero-order valence-electron chi connectivity index (χ0n) is 9.68. The molecular weight excluding hydrogens is 252 g/mol. The van der Waals surface area contributed by atoms with Crippen LogP contribution in [-0.2, 0) is 4.74 Å². The molecular formula is C14H11ClO3. The van der Waals surface area contributed by atoms with Crippen molar-refractivity contribution in [2.24, 2.45) is 0 Å². The first-order valence-corrected chi connectivity index (χ1v) is 5.67. The van der Waals surface area contributed by atoms with Crippen LogP contribution in [0.5, 0.6) is 5.75 Å². The lowest BCUT2D eigenvalue weighted by atomic mass is 10.0. The number of aromatic hydroxyl groups is 1. The highest BCUT2D eigenvalue weighted by Gasteiger charge is 2.10. The number of halogens is 1. The maximum absolute atomic E-state index is 11.5. The van der Waals surface area contributed by atoms with Gasteiger partial charge in [0.15, 0.2) is 0 Å². The molecule has 0 aromatic heterocycles. The van der Waals surface area contributed by atoms with Gasteiger partial charge in [0, 0.05) is 10.6 Å². The van der Waals surface area contributed by atoms with Gasteiger partial charge in [0.1, 0.15) is 5.75 Å². The predicted molar refractivity (Wildman–Crippen MR) is 69.9 cm³/mol. The minimum absolute atomic E-state index is 0.145. The Morgan fingerprint density at radius 3 is 2.67 bits per heavy atom. The monoisotopic (exact) mass is 262 g/mol. The molecule has 0 unspecified atom stereocenters. The standard InChI is InChI=1S/C14H11ClO3/c1-18-14(17)10-5-6-13(15)12(8-10)9-3-2-4-11(16)7-9/h2-8,16H,1H3. The molecule has 0 radical (unpaired) electrons. The van der Waals surface area contributed by atoms with E-state index in [0.717, 1.165) is 5.56 Å². The van der Waals surface area contributed by atoms with Crippen LogP contribution in [0.2, 0.25) is 5.02 Å². The van der Waals surface area contributed by atoms with Gasteiger partial charge in [0.25, 0.3) is 0 Å². The van der Waals surface area contributed by atoms with Crippen molar-refractivity contribution < 1.29 is 14.6 Å². The van der Waals surface area contributed by atoms with Gasteiger partial charge in [-0.15, -0.1) is 0 Å². The Morgan fingerprint density at radius 1 is 1.22 bits per heavy atom. The summed E-state index contributed by atoms with van der Waals surface area (Å²) < 4.78 is 4.66. The van der Waals surface area contributed by atoms with Crippen LogP contribution in [0.25, 0.3) is 11.1 Å². The van der Waals surface area contributed by atoms with Gasteiger partial charge < -0.3 is 9.84 Å². The summed E-state index contributed by atoms with van der Waals surface area (Å²) >= 11 is 6.10. The highest BCUT2D eigenvalue weighted by molar-refractivity contribution is 6.33. The maximum Gasteiger partial charge on any atom is 0.337 e. The fourth-order valence-corrected chi connectivity index (χ4v) is 1.89. The van der Waals surface area contributed by atoms with Gasteiger partial charge in [-0.3, -0.25) is 0 Å². The third-order valence-electron chi connectivity index (χ3n) is 2.54. The van der Waals surface area contributed by atoms with E-state index >= 15 is 0 Å². The normalized spacial score (nSPS) is 10.1. The molecule has 18 heavy (non-hydrogen) atoms. The number of methoxy groups -OCH3 is 1. The van der Waals surface area contributed by atoms with E-state index in [4.69, 9.17) is 11.6 Å². The van der Waals surface area contributed by atoms with E-state index in [2.05, 4.69) is 4.74 Å². The Labute approximate surface area is 110 Å². The summed E-state index contributed by atoms with van der Waals surface area (Å²) in [6.07, 6.45) is 0. The molecule has 1 N–H and O–H groups in total. The molecule has 92 valence electrons. The van der Waals surface area contributed by atoms with Crippen molar-refractivity contribution in [3.8, 4) is 16.9 Å². The number of benzene rings is 2. The molecule has 0 heterocycles. The molecule has 2 aromatic carbocycles. The summed E-state index contributed by atoms with van der Waals surface area (Å²) in [4.78, 5) is 11.5. The SMILES string of the molecule is COC(=O)c1ccc(Cl)c(-c2cccc(O)c2)c1. The third kappa shape index (κ3) is 2.46. The first-order valence-electron chi connectivity index (χ1n) is 5.29. The number of phenols is 1. The van der Waals surface area contributed by atoms with E-state index in [-0.39, 0.29) is 5.75 Å². The minimum Gasteiger partial charge on any atom is -0.508 e. The highest BCUT2D eigenvalue weighted by atomic mass is 35.5. The lowest BCUT2D eigenvalue weighted by molar-refractivity contribution is 0.0601. The van der Waals surface area contributed by atoms with Crippen LogP contribution in [0.15, 0.2) is 42.5 Å². The Kier molecular flexibility index (Phi) is 3.53. The molecule has 0 atom stereocenters.